The molecule has 0 aliphatic heterocycles. The van der Waals surface area contributed by atoms with E-state index in [1.165, 1.54) is 0 Å². The third kappa shape index (κ3) is 2.00. The molecule has 9 heteroatoms. The number of H-pyrrole nitrogens is 1. The van der Waals surface area contributed by atoms with Gasteiger partial charge in [-0.1, -0.05) is 17.3 Å². The molecule has 3 aromatic rings. The van der Waals surface area contributed by atoms with E-state index in [2.05, 4.69) is 25.3 Å². The number of hydrogen-bond acceptors (Lipinski definition) is 7. The zero-order valence-corrected chi connectivity index (χ0v) is 11.0. The quantitative estimate of drug-likeness (QED) is 0.257. The van der Waals surface area contributed by atoms with E-state index < -0.39 is 5.56 Å². The molecule has 2 heterocycles. The Kier molecular flexibility index (Phi) is 2.87. The summed E-state index contributed by atoms with van der Waals surface area (Å²) in [4.78, 5) is 19.0. The number of nitrogens with zero attached hydrogens (tertiary/aromatic N) is 5. The van der Waals surface area contributed by atoms with Crippen molar-refractivity contribution in [2.45, 2.75) is 6.92 Å². The summed E-state index contributed by atoms with van der Waals surface area (Å²) in [5, 5.41) is 19.9. The SMILES string of the molecule is Cc1nnc(C(=NO)c2nc3ccccc3[nH]c2=O)n1N. The van der Waals surface area contributed by atoms with Gasteiger partial charge >= 0.3 is 0 Å². The minimum absolute atomic E-state index is 0.0447. The lowest BCUT2D eigenvalue weighted by Gasteiger charge is -2.04. The predicted molar refractivity (Wildman–Crippen MR) is 74.7 cm³/mol. The van der Waals surface area contributed by atoms with Gasteiger partial charge in [-0.15, -0.1) is 10.2 Å². The number of aromatic amines is 1. The number of nitrogen functional groups attached to an aromatic ring is 1. The van der Waals surface area contributed by atoms with E-state index >= 15 is 0 Å². The lowest BCUT2D eigenvalue weighted by atomic mass is 10.2. The fraction of sp³-hybridized carbons (Fsp3) is 0.0833. The van der Waals surface area contributed by atoms with Crippen LogP contribution in [-0.4, -0.2) is 35.8 Å². The molecule has 0 unspecified atom stereocenters. The van der Waals surface area contributed by atoms with Gasteiger partial charge in [0.2, 0.25) is 5.82 Å². The van der Waals surface area contributed by atoms with Crippen molar-refractivity contribution in [2.75, 3.05) is 5.84 Å². The van der Waals surface area contributed by atoms with Gasteiger partial charge in [0.05, 0.1) is 11.0 Å². The Morgan fingerprint density at radius 2 is 2.14 bits per heavy atom. The summed E-state index contributed by atoms with van der Waals surface area (Å²) in [7, 11) is 0. The summed E-state index contributed by atoms with van der Waals surface area (Å²) < 4.78 is 1.12. The van der Waals surface area contributed by atoms with Crippen molar-refractivity contribution in [1.29, 1.82) is 0 Å². The second-order valence-electron chi connectivity index (χ2n) is 4.32. The summed E-state index contributed by atoms with van der Waals surface area (Å²) >= 11 is 0. The first-order valence-corrected chi connectivity index (χ1v) is 6.00. The summed E-state index contributed by atoms with van der Waals surface area (Å²) in [5.74, 6) is 6.19. The molecule has 2 aromatic heterocycles. The first kappa shape index (κ1) is 12.8. The maximum absolute atomic E-state index is 12.1. The van der Waals surface area contributed by atoms with E-state index in [4.69, 9.17) is 5.84 Å². The minimum atomic E-state index is -0.512. The average molecular weight is 285 g/mol. The standard InChI is InChI=1S/C12H11N7O2/c1-6-16-17-11(19(6)13)9(18-21)10-12(20)15-8-5-3-2-4-7(8)14-10/h2-5,21H,13H2,1H3,(H,15,20). The molecule has 0 atom stereocenters. The largest absolute Gasteiger partial charge is 0.410 e. The zero-order valence-electron chi connectivity index (χ0n) is 11.0. The molecule has 0 fully saturated rings. The molecule has 9 nitrogen and oxygen atoms in total. The number of fused-ring (bicyclic) bond motifs is 1. The highest BCUT2D eigenvalue weighted by atomic mass is 16.4. The Morgan fingerprint density at radius 1 is 1.38 bits per heavy atom. The van der Waals surface area contributed by atoms with Crippen molar-refractivity contribution in [3.63, 3.8) is 0 Å². The van der Waals surface area contributed by atoms with Gasteiger partial charge in [-0.2, -0.15) is 0 Å². The molecule has 21 heavy (non-hydrogen) atoms. The maximum Gasteiger partial charge on any atom is 0.276 e. The molecule has 3 rings (SSSR count). The first-order valence-electron chi connectivity index (χ1n) is 6.00. The molecule has 0 bridgehead atoms. The van der Waals surface area contributed by atoms with Gasteiger partial charge in [0.15, 0.2) is 11.4 Å². The van der Waals surface area contributed by atoms with Gasteiger partial charge in [0.25, 0.3) is 5.56 Å². The number of hydrogen-bond donors (Lipinski definition) is 3. The third-order valence-electron chi connectivity index (χ3n) is 3.00. The number of benzene rings is 1. The molecule has 0 radical (unpaired) electrons. The Hall–Kier alpha value is -3.23. The van der Waals surface area contributed by atoms with Crippen LogP contribution in [0.25, 0.3) is 11.0 Å². The van der Waals surface area contributed by atoms with Crippen molar-refractivity contribution < 1.29 is 5.21 Å². The number of aromatic nitrogens is 5. The van der Waals surface area contributed by atoms with Gasteiger partial charge in [0.1, 0.15) is 5.82 Å². The third-order valence-corrected chi connectivity index (χ3v) is 3.00. The second kappa shape index (κ2) is 4.71. The van der Waals surface area contributed by atoms with Gasteiger partial charge < -0.3 is 16.0 Å². The zero-order chi connectivity index (χ0) is 15.0. The van der Waals surface area contributed by atoms with E-state index in [9.17, 15) is 10.0 Å². The van der Waals surface area contributed by atoms with Crippen LogP contribution in [0.3, 0.4) is 0 Å². The van der Waals surface area contributed by atoms with E-state index in [0.29, 0.717) is 16.9 Å². The normalized spacial score (nSPS) is 12.0. The summed E-state index contributed by atoms with van der Waals surface area (Å²) in [6, 6.07) is 7.00. The molecule has 0 aliphatic rings. The topological polar surface area (TPSA) is 135 Å². The Labute approximate surface area is 117 Å². The van der Waals surface area contributed by atoms with Gasteiger partial charge in [-0.25, -0.2) is 9.66 Å². The van der Waals surface area contributed by atoms with Crippen LogP contribution < -0.4 is 11.4 Å². The van der Waals surface area contributed by atoms with Crippen LogP contribution in [-0.2, 0) is 0 Å². The molecule has 0 spiro atoms. The van der Waals surface area contributed by atoms with Crippen molar-refractivity contribution in [1.82, 2.24) is 24.8 Å². The van der Waals surface area contributed by atoms with Crippen molar-refractivity contribution >= 4 is 16.7 Å². The fourth-order valence-electron chi connectivity index (χ4n) is 1.92. The number of para-hydroxylation sites is 2. The van der Waals surface area contributed by atoms with Crippen LogP contribution in [0.2, 0.25) is 0 Å². The van der Waals surface area contributed by atoms with Crippen LogP contribution in [0.5, 0.6) is 0 Å². The number of nitrogens with one attached hydrogen (secondary N) is 1. The minimum Gasteiger partial charge on any atom is -0.410 e. The van der Waals surface area contributed by atoms with E-state index in [0.717, 1.165) is 4.68 Å². The Morgan fingerprint density at radius 3 is 2.81 bits per heavy atom. The smallest absolute Gasteiger partial charge is 0.276 e. The van der Waals surface area contributed by atoms with Crippen molar-refractivity contribution in [3.8, 4) is 0 Å². The molecular formula is C12H11N7O2. The van der Waals surface area contributed by atoms with Crippen LogP contribution >= 0.6 is 0 Å². The molecule has 0 saturated carbocycles. The molecule has 1 aromatic carbocycles. The van der Waals surface area contributed by atoms with E-state index in [1.54, 1.807) is 31.2 Å². The summed E-state index contributed by atoms with van der Waals surface area (Å²) in [6.07, 6.45) is 0. The van der Waals surface area contributed by atoms with Gasteiger partial charge in [0, 0.05) is 0 Å². The number of rotatable bonds is 2. The molecule has 4 N–H and O–H groups in total. The van der Waals surface area contributed by atoms with Crippen LogP contribution in [0.15, 0.2) is 34.2 Å². The molecule has 0 amide bonds. The summed E-state index contributed by atoms with van der Waals surface area (Å²) in [6.45, 7) is 1.63. The van der Waals surface area contributed by atoms with Crippen LogP contribution in [0.1, 0.15) is 17.3 Å². The predicted octanol–water partition coefficient (Wildman–Crippen LogP) is -0.237. The number of aryl methyl sites for hydroxylation is 1. The van der Waals surface area contributed by atoms with Gasteiger partial charge in [-0.3, -0.25) is 4.79 Å². The summed E-state index contributed by atoms with van der Waals surface area (Å²) in [5.41, 5.74) is 0.379. The van der Waals surface area contributed by atoms with Crippen molar-refractivity contribution in [3.05, 3.63) is 52.0 Å². The number of oxime groups is 1. The fourth-order valence-corrected chi connectivity index (χ4v) is 1.92. The van der Waals surface area contributed by atoms with Crippen molar-refractivity contribution in [2.24, 2.45) is 5.16 Å². The first-order chi connectivity index (χ1) is 10.1. The van der Waals surface area contributed by atoms with Crippen LogP contribution in [0, 0.1) is 6.92 Å². The molecule has 0 aliphatic carbocycles. The monoisotopic (exact) mass is 285 g/mol. The Balaban J connectivity index is 2.25. The highest BCUT2D eigenvalue weighted by molar-refractivity contribution is 6.09. The van der Waals surface area contributed by atoms with E-state index in [1.807, 2.05) is 0 Å². The number of nitrogens with two attached hydrogens (primary N) is 1. The molecule has 0 saturated heterocycles. The van der Waals surface area contributed by atoms with Crippen LogP contribution in [0.4, 0.5) is 0 Å². The molecule has 106 valence electrons. The lowest BCUT2D eigenvalue weighted by Crippen LogP contribution is -2.26. The average Bonchev–Trinajstić information content (AvgIpc) is 2.81. The highest BCUT2D eigenvalue weighted by Crippen LogP contribution is 2.09. The van der Waals surface area contributed by atoms with E-state index in [-0.39, 0.29) is 17.2 Å². The second-order valence-corrected chi connectivity index (χ2v) is 4.32. The maximum atomic E-state index is 12.1. The lowest BCUT2D eigenvalue weighted by molar-refractivity contribution is 0.319. The van der Waals surface area contributed by atoms with Gasteiger partial charge in [-0.05, 0) is 19.1 Å². The highest BCUT2D eigenvalue weighted by Gasteiger charge is 2.21. The molecular weight excluding hydrogens is 274 g/mol. The Bertz CT molecular complexity index is 909.